The van der Waals surface area contributed by atoms with E-state index >= 15 is 0 Å². The van der Waals surface area contributed by atoms with Gasteiger partial charge in [-0.25, -0.2) is 8.42 Å². The van der Waals surface area contributed by atoms with Crippen molar-refractivity contribution in [3.05, 3.63) is 30.3 Å². The Bertz CT molecular complexity index is 891. The van der Waals surface area contributed by atoms with E-state index in [0.29, 0.717) is 23.6 Å². The molecule has 30 heavy (non-hydrogen) atoms. The Morgan fingerprint density at radius 2 is 1.40 bits per heavy atom. The number of carbonyl (C=O) groups is 1. The van der Waals surface area contributed by atoms with Crippen LogP contribution < -0.4 is 0 Å². The van der Waals surface area contributed by atoms with E-state index < -0.39 is 9.84 Å². The van der Waals surface area contributed by atoms with E-state index in [-0.39, 0.29) is 22.7 Å². The van der Waals surface area contributed by atoms with E-state index in [9.17, 15) is 13.2 Å². The lowest BCUT2D eigenvalue weighted by Crippen LogP contribution is -2.53. The number of sulfone groups is 1. The first-order valence-corrected chi connectivity index (χ1v) is 13.6. The van der Waals surface area contributed by atoms with Crippen molar-refractivity contribution in [3.63, 3.8) is 0 Å². The highest BCUT2D eigenvalue weighted by atomic mass is 32.2. The lowest BCUT2D eigenvalue weighted by atomic mass is 9.49. The van der Waals surface area contributed by atoms with Crippen molar-refractivity contribution in [2.45, 2.75) is 92.9 Å². The number of piperidine rings is 1. The Kier molecular flexibility index (Phi) is 4.39. The van der Waals surface area contributed by atoms with Gasteiger partial charge in [0.2, 0.25) is 5.91 Å². The van der Waals surface area contributed by atoms with Gasteiger partial charge in [0, 0.05) is 18.5 Å². The fourth-order valence-corrected chi connectivity index (χ4v) is 10.4. The van der Waals surface area contributed by atoms with E-state index in [4.69, 9.17) is 0 Å². The second-order valence-corrected chi connectivity index (χ2v) is 13.5. The third-order valence-corrected chi connectivity index (χ3v) is 11.4. The number of amides is 1. The molecule has 4 saturated carbocycles. The number of carbonyl (C=O) groups excluding carboxylic acids is 1. The summed E-state index contributed by atoms with van der Waals surface area (Å²) >= 11 is 0. The highest BCUT2D eigenvalue weighted by molar-refractivity contribution is 7.92. The zero-order valence-corrected chi connectivity index (χ0v) is 18.5. The summed E-state index contributed by atoms with van der Waals surface area (Å²) in [5.41, 5.74) is 0.262. The van der Waals surface area contributed by atoms with Crippen LogP contribution in [0.3, 0.4) is 0 Å². The summed E-state index contributed by atoms with van der Waals surface area (Å²) < 4.78 is 26.4. The molecule has 6 bridgehead atoms. The predicted molar refractivity (Wildman–Crippen MR) is 116 cm³/mol. The van der Waals surface area contributed by atoms with Crippen molar-refractivity contribution in [2.75, 3.05) is 0 Å². The summed E-state index contributed by atoms with van der Waals surface area (Å²) in [5, 5.41) is -0.346. The number of nitrogens with zero attached hydrogens (tertiary/aromatic N) is 1. The van der Waals surface area contributed by atoms with Crippen molar-refractivity contribution >= 4 is 15.7 Å². The maximum Gasteiger partial charge on any atom is 0.223 e. The molecular formula is C25H33NO3S. The molecular weight excluding hydrogens is 394 g/mol. The van der Waals surface area contributed by atoms with Crippen LogP contribution in [0.25, 0.3) is 0 Å². The second-order valence-electron chi connectivity index (χ2n) is 11.2. The van der Waals surface area contributed by atoms with Crippen molar-refractivity contribution in [3.8, 4) is 0 Å². The molecule has 4 aliphatic carbocycles. The van der Waals surface area contributed by atoms with Crippen molar-refractivity contribution < 1.29 is 13.2 Å². The standard InChI is InChI=1S/C25H33NO3S/c27-24(16-25-13-17-8-18(14-25)10-19(9-17)15-25)26-20-6-7-21(26)12-23(11-20)30(28,29)22-4-2-1-3-5-22/h1-5,17-21,23H,6-16H2. The molecule has 162 valence electrons. The Morgan fingerprint density at radius 1 is 0.867 bits per heavy atom. The molecule has 0 spiro atoms. The van der Waals surface area contributed by atoms with E-state index in [1.807, 2.05) is 6.07 Å². The van der Waals surface area contributed by atoms with Gasteiger partial charge in [0.05, 0.1) is 10.1 Å². The number of fused-ring (bicyclic) bond motifs is 2. The van der Waals surface area contributed by atoms with Gasteiger partial charge in [-0.15, -0.1) is 0 Å². The molecule has 2 aliphatic heterocycles. The van der Waals surface area contributed by atoms with Crippen molar-refractivity contribution in [1.29, 1.82) is 0 Å². The molecule has 2 atom stereocenters. The van der Waals surface area contributed by atoms with Gasteiger partial charge in [-0.3, -0.25) is 4.79 Å². The fraction of sp³-hybridized carbons (Fsp3) is 0.720. The summed E-state index contributed by atoms with van der Waals surface area (Å²) in [6.45, 7) is 0. The summed E-state index contributed by atoms with van der Waals surface area (Å²) in [7, 11) is -3.32. The highest BCUT2D eigenvalue weighted by Gasteiger charge is 2.53. The summed E-state index contributed by atoms with van der Waals surface area (Å²) in [5.74, 6) is 2.92. The quantitative estimate of drug-likeness (QED) is 0.706. The molecule has 1 amide bonds. The normalized spacial score (nSPS) is 41.9. The van der Waals surface area contributed by atoms with Crippen LogP contribution in [-0.4, -0.2) is 36.6 Å². The van der Waals surface area contributed by atoms with Crippen molar-refractivity contribution in [1.82, 2.24) is 4.90 Å². The lowest BCUT2D eigenvalue weighted by molar-refractivity contribution is -0.143. The van der Waals surface area contributed by atoms with E-state index in [2.05, 4.69) is 4.90 Å². The van der Waals surface area contributed by atoms with Crippen LogP contribution >= 0.6 is 0 Å². The average molecular weight is 428 g/mol. The molecule has 0 N–H and O–H groups in total. The lowest BCUT2D eigenvalue weighted by Gasteiger charge is -2.57. The Labute approximate surface area is 180 Å². The first-order valence-electron chi connectivity index (χ1n) is 12.0. The van der Waals surface area contributed by atoms with Crippen LogP contribution in [0.2, 0.25) is 0 Å². The minimum Gasteiger partial charge on any atom is -0.337 e. The minimum absolute atomic E-state index is 0.119. The minimum atomic E-state index is -3.32. The Balaban J connectivity index is 1.18. The largest absolute Gasteiger partial charge is 0.337 e. The first kappa shape index (κ1) is 19.3. The third-order valence-electron chi connectivity index (χ3n) is 9.18. The molecule has 5 heteroatoms. The smallest absolute Gasteiger partial charge is 0.223 e. The highest BCUT2D eigenvalue weighted by Crippen LogP contribution is 2.61. The molecule has 2 heterocycles. The number of hydrogen-bond donors (Lipinski definition) is 0. The molecule has 6 fully saturated rings. The molecule has 2 unspecified atom stereocenters. The topological polar surface area (TPSA) is 54.5 Å². The molecule has 4 nitrogen and oxygen atoms in total. The zero-order valence-electron chi connectivity index (χ0n) is 17.7. The summed E-state index contributed by atoms with van der Waals surface area (Å²) in [6, 6.07) is 9.11. The maximum atomic E-state index is 13.5. The fourth-order valence-electron chi connectivity index (χ4n) is 8.51. The average Bonchev–Trinajstić information content (AvgIpc) is 2.97. The zero-order chi connectivity index (χ0) is 20.5. The molecule has 0 aromatic heterocycles. The van der Waals surface area contributed by atoms with Crippen LogP contribution in [0.4, 0.5) is 0 Å². The van der Waals surface area contributed by atoms with Gasteiger partial charge in [0.25, 0.3) is 0 Å². The Morgan fingerprint density at radius 3 is 1.93 bits per heavy atom. The predicted octanol–water partition coefficient (Wildman–Crippen LogP) is 4.59. The van der Waals surface area contributed by atoms with Crippen LogP contribution in [0.1, 0.15) is 70.6 Å². The van der Waals surface area contributed by atoms with Crippen molar-refractivity contribution in [2.24, 2.45) is 23.2 Å². The van der Waals surface area contributed by atoms with E-state index in [0.717, 1.165) is 37.0 Å². The summed E-state index contributed by atoms with van der Waals surface area (Å²) in [6.07, 6.45) is 11.9. The molecule has 1 aromatic carbocycles. The van der Waals surface area contributed by atoms with Gasteiger partial charge in [0.15, 0.2) is 9.84 Å². The number of rotatable bonds is 4. The third kappa shape index (κ3) is 3.06. The van der Waals surface area contributed by atoms with Gasteiger partial charge in [0.1, 0.15) is 0 Å². The molecule has 7 rings (SSSR count). The maximum absolute atomic E-state index is 13.5. The monoisotopic (exact) mass is 427 g/mol. The van der Waals surface area contributed by atoms with Gasteiger partial charge in [-0.1, -0.05) is 18.2 Å². The van der Waals surface area contributed by atoms with Crippen LogP contribution in [-0.2, 0) is 14.6 Å². The van der Waals surface area contributed by atoms with Gasteiger partial charge >= 0.3 is 0 Å². The van der Waals surface area contributed by atoms with Crippen LogP contribution in [0.5, 0.6) is 0 Å². The van der Waals surface area contributed by atoms with Gasteiger partial charge in [-0.05, 0) is 99.5 Å². The Hall–Kier alpha value is -1.36. The first-order chi connectivity index (χ1) is 14.4. The number of benzene rings is 1. The number of hydrogen-bond acceptors (Lipinski definition) is 3. The SMILES string of the molecule is O=C(CC12CC3CC(CC(C3)C1)C2)N1C2CCC1CC(S(=O)(=O)c1ccccc1)C2. The van der Waals surface area contributed by atoms with Gasteiger partial charge in [-0.2, -0.15) is 0 Å². The molecule has 0 radical (unpaired) electrons. The van der Waals surface area contributed by atoms with Crippen LogP contribution in [0.15, 0.2) is 35.2 Å². The molecule has 2 saturated heterocycles. The molecule has 6 aliphatic rings. The van der Waals surface area contributed by atoms with E-state index in [1.165, 1.54) is 38.5 Å². The van der Waals surface area contributed by atoms with Gasteiger partial charge < -0.3 is 4.90 Å². The summed E-state index contributed by atoms with van der Waals surface area (Å²) in [4.78, 5) is 16.1. The van der Waals surface area contributed by atoms with E-state index in [1.54, 1.807) is 24.3 Å². The molecule has 1 aromatic rings. The van der Waals surface area contributed by atoms with Crippen LogP contribution in [0, 0.1) is 23.2 Å². The second kappa shape index (κ2) is 6.82.